The molecule has 1 amide bonds. The molecule has 0 aromatic heterocycles. The van der Waals surface area contributed by atoms with E-state index in [1.807, 2.05) is 6.92 Å². The van der Waals surface area contributed by atoms with E-state index >= 15 is 0 Å². The second-order valence-electron chi connectivity index (χ2n) is 6.39. The van der Waals surface area contributed by atoms with Crippen molar-refractivity contribution in [2.45, 2.75) is 43.9 Å². The van der Waals surface area contributed by atoms with Gasteiger partial charge in [-0.05, 0) is 37.5 Å². The zero-order valence-electron chi connectivity index (χ0n) is 15.4. The Kier molecular flexibility index (Phi) is 8.07. The van der Waals surface area contributed by atoms with Crippen LogP contribution in [0.5, 0.6) is 0 Å². The van der Waals surface area contributed by atoms with Crippen molar-refractivity contribution in [2.24, 2.45) is 0 Å². The van der Waals surface area contributed by atoms with Crippen LogP contribution in [-0.2, 0) is 19.6 Å². The number of halogens is 1. The highest BCUT2D eigenvalue weighted by atomic mass is 35.5. The fourth-order valence-corrected chi connectivity index (χ4v) is 4.80. The van der Waals surface area contributed by atoms with Gasteiger partial charge in [0.15, 0.2) is 6.61 Å². The first-order valence-electron chi connectivity index (χ1n) is 9.09. The number of benzene rings is 1. The molecule has 7 nitrogen and oxygen atoms in total. The molecule has 27 heavy (non-hydrogen) atoms. The molecule has 1 aliphatic heterocycles. The second-order valence-corrected chi connectivity index (χ2v) is 8.70. The Morgan fingerprint density at radius 3 is 2.48 bits per heavy atom. The van der Waals surface area contributed by atoms with E-state index in [0.29, 0.717) is 19.6 Å². The zero-order chi connectivity index (χ0) is 19.9. The van der Waals surface area contributed by atoms with Crippen molar-refractivity contribution < 1.29 is 22.7 Å². The Hall–Kier alpha value is -1.64. The molecular weight excluding hydrogens is 392 g/mol. The number of nitrogens with zero attached hydrogens (tertiary/aromatic N) is 1. The molecule has 1 heterocycles. The third-order valence-corrected chi connectivity index (χ3v) is 6.64. The average molecular weight is 417 g/mol. The van der Waals surface area contributed by atoms with Crippen LogP contribution in [0.3, 0.4) is 0 Å². The van der Waals surface area contributed by atoms with E-state index in [0.717, 1.165) is 32.1 Å². The maximum Gasteiger partial charge on any atom is 0.338 e. The number of sulfonamides is 1. The summed E-state index contributed by atoms with van der Waals surface area (Å²) in [6.45, 7) is 2.85. The van der Waals surface area contributed by atoms with Crippen molar-refractivity contribution in [1.29, 1.82) is 0 Å². The normalized spacial score (nSPS) is 15.8. The molecule has 0 spiro atoms. The summed E-state index contributed by atoms with van der Waals surface area (Å²) in [7, 11) is -3.80. The Labute approximate surface area is 165 Å². The lowest BCUT2D eigenvalue weighted by molar-refractivity contribution is -0.124. The predicted octanol–water partition coefficient (Wildman–Crippen LogP) is 2.59. The van der Waals surface area contributed by atoms with E-state index in [4.69, 9.17) is 16.3 Å². The van der Waals surface area contributed by atoms with Gasteiger partial charge in [0.2, 0.25) is 10.0 Å². The molecule has 150 valence electrons. The third-order valence-electron chi connectivity index (χ3n) is 4.26. The Morgan fingerprint density at radius 1 is 1.19 bits per heavy atom. The van der Waals surface area contributed by atoms with Gasteiger partial charge in [-0.25, -0.2) is 13.2 Å². The van der Waals surface area contributed by atoms with Crippen molar-refractivity contribution in [3.63, 3.8) is 0 Å². The number of ether oxygens (including phenoxy) is 1. The fraction of sp³-hybridized carbons (Fsp3) is 0.556. The predicted molar refractivity (Wildman–Crippen MR) is 102 cm³/mol. The van der Waals surface area contributed by atoms with Crippen LogP contribution >= 0.6 is 11.6 Å². The highest BCUT2D eigenvalue weighted by molar-refractivity contribution is 7.89. The van der Waals surface area contributed by atoms with Crippen LogP contribution in [0.1, 0.15) is 49.4 Å². The lowest BCUT2D eigenvalue weighted by Gasteiger charge is -2.21. The van der Waals surface area contributed by atoms with Crippen molar-refractivity contribution in [1.82, 2.24) is 9.62 Å². The van der Waals surface area contributed by atoms with Crippen molar-refractivity contribution in [3.8, 4) is 0 Å². The molecule has 0 bridgehead atoms. The molecule has 1 N–H and O–H groups in total. The molecule has 0 saturated carbocycles. The van der Waals surface area contributed by atoms with Gasteiger partial charge in [-0.15, -0.1) is 0 Å². The molecule has 0 aliphatic carbocycles. The summed E-state index contributed by atoms with van der Waals surface area (Å²) in [5.41, 5.74) is 0.0380. The van der Waals surface area contributed by atoms with Gasteiger partial charge < -0.3 is 10.1 Å². The summed E-state index contributed by atoms with van der Waals surface area (Å²) in [5.74, 6) is -1.18. The van der Waals surface area contributed by atoms with Gasteiger partial charge in [-0.1, -0.05) is 31.4 Å². The number of carbonyl (C=O) groups is 2. The molecule has 9 heteroatoms. The van der Waals surface area contributed by atoms with Gasteiger partial charge in [-0.2, -0.15) is 4.31 Å². The van der Waals surface area contributed by atoms with Crippen LogP contribution in [-0.4, -0.2) is 50.8 Å². The van der Waals surface area contributed by atoms with Crippen LogP contribution in [0, 0.1) is 0 Å². The van der Waals surface area contributed by atoms with Crippen molar-refractivity contribution in [3.05, 3.63) is 28.8 Å². The Bertz CT molecular complexity index is 774. The topological polar surface area (TPSA) is 92.8 Å². The number of rotatable bonds is 7. The number of hydrogen-bond donors (Lipinski definition) is 1. The largest absolute Gasteiger partial charge is 0.452 e. The summed E-state index contributed by atoms with van der Waals surface area (Å²) in [4.78, 5) is 23.6. The third kappa shape index (κ3) is 5.92. The van der Waals surface area contributed by atoms with E-state index in [1.165, 1.54) is 22.5 Å². The quantitative estimate of drug-likeness (QED) is 0.689. The molecule has 0 unspecified atom stereocenters. The molecule has 0 atom stereocenters. The Morgan fingerprint density at radius 2 is 1.85 bits per heavy atom. The van der Waals surface area contributed by atoms with E-state index in [9.17, 15) is 18.0 Å². The summed E-state index contributed by atoms with van der Waals surface area (Å²) >= 11 is 6.11. The summed E-state index contributed by atoms with van der Waals surface area (Å²) in [5, 5.41) is 2.65. The summed E-state index contributed by atoms with van der Waals surface area (Å²) < 4.78 is 32.3. The molecule has 1 saturated heterocycles. The minimum atomic E-state index is -3.80. The highest BCUT2D eigenvalue weighted by Crippen LogP contribution is 2.27. The van der Waals surface area contributed by atoms with Crippen molar-refractivity contribution >= 4 is 33.5 Å². The average Bonchev–Trinajstić information content (AvgIpc) is 2.94. The van der Waals surface area contributed by atoms with E-state index < -0.39 is 28.5 Å². The second kappa shape index (κ2) is 10.1. The van der Waals surface area contributed by atoms with Crippen molar-refractivity contribution in [2.75, 3.05) is 26.2 Å². The first kappa shape index (κ1) is 21.7. The Balaban J connectivity index is 2.15. The van der Waals surface area contributed by atoms with Gasteiger partial charge in [-0.3, -0.25) is 4.79 Å². The summed E-state index contributed by atoms with van der Waals surface area (Å²) in [6.07, 6.45) is 4.35. The van der Waals surface area contributed by atoms with Gasteiger partial charge >= 0.3 is 5.97 Å². The maximum atomic E-state index is 12.9. The molecule has 1 aromatic rings. The molecule has 0 radical (unpaired) electrons. The van der Waals surface area contributed by atoms with Gasteiger partial charge in [0.1, 0.15) is 4.90 Å². The minimum absolute atomic E-state index is 0.0380. The lowest BCUT2D eigenvalue weighted by Crippen LogP contribution is -2.32. The lowest BCUT2D eigenvalue weighted by atomic mass is 10.2. The van der Waals surface area contributed by atoms with Crippen LogP contribution in [0.4, 0.5) is 0 Å². The van der Waals surface area contributed by atoms with Gasteiger partial charge in [0.05, 0.1) is 10.6 Å². The fourth-order valence-electron chi connectivity index (χ4n) is 2.78. The number of amides is 1. The standard InChI is InChI=1S/C18H25ClN2O5S/c1-2-9-20-17(22)13-26-18(23)14-7-8-15(19)16(12-14)27(24,25)21-10-5-3-4-6-11-21/h7-8,12H,2-6,9-11,13H2,1H3,(H,20,22). The molecular formula is C18H25ClN2O5S. The van der Waals surface area contributed by atoms with Crippen LogP contribution in [0.25, 0.3) is 0 Å². The minimum Gasteiger partial charge on any atom is -0.452 e. The number of esters is 1. The van der Waals surface area contributed by atoms with E-state index in [1.54, 1.807) is 0 Å². The maximum absolute atomic E-state index is 12.9. The number of hydrogen-bond acceptors (Lipinski definition) is 5. The number of carbonyl (C=O) groups excluding carboxylic acids is 2. The zero-order valence-corrected chi connectivity index (χ0v) is 16.9. The smallest absolute Gasteiger partial charge is 0.338 e. The SMILES string of the molecule is CCCNC(=O)COC(=O)c1ccc(Cl)c(S(=O)(=O)N2CCCCCC2)c1. The van der Waals surface area contributed by atoms with E-state index in [-0.39, 0.29) is 15.5 Å². The van der Waals surface area contributed by atoms with E-state index in [2.05, 4.69) is 5.32 Å². The van der Waals surface area contributed by atoms with Gasteiger partial charge in [0, 0.05) is 19.6 Å². The molecule has 1 aromatic carbocycles. The number of nitrogens with one attached hydrogen (secondary N) is 1. The first-order chi connectivity index (χ1) is 12.9. The van der Waals surface area contributed by atoms with Crippen LogP contribution in [0.2, 0.25) is 5.02 Å². The first-order valence-corrected chi connectivity index (χ1v) is 10.9. The van der Waals surface area contributed by atoms with Gasteiger partial charge in [0.25, 0.3) is 5.91 Å². The molecule has 1 fully saturated rings. The monoisotopic (exact) mass is 416 g/mol. The molecule has 1 aliphatic rings. The molecule has 2 rings (SSSR count). The highest BCUT2D eigenvalue weighted by Gasteiger charge is 2.28. The van der Waals surface area contributed by atoms with Crippen LogP contribution < -0.4 is 5.32 Å². The summed E-state index contributed by atoms with van der Waals surface area (Å²) in [6, 6.07) is 3.96. The van der Waals surface area contributed by atoms with Crippen LogP contribution in [0.15, 0.2) is 23.1 Å².